The Morgan fingerprint density at radius 1 is 1.15 bits per heavy atom. The van der Waals surface area contributed by atoms with Gasteiger partial charge in [-0.25, -0.2) is 9.97 Å². The Morgan fingerprint density at radius 2 is 2.04 bits per heavy atom. The maximum Gasteiger partial charge on any atom is 0.227 e. The van der Waals surface area contributed by atoms with Gasteiger partial charge in [0, 0.05) is 23.6 Å². The first-order chi connectivity index (χ1) is 12.8. The molecule has 0 saturated heterocycles. The summed E-state index contributed by atoms with van der Waals surface area (Å²) in [6.07, 6.45) is 4.11. The molecule has 0 saturated carbocycles. The third-order valence-corrected chi connectivity index (χ3v) is 5.98. The van der Waals surface area contributed by atoms with Gasteiger partial charge in [-0.1, -0.05) is 30.3 Å². The number of hydrogen-bond acceptors (Lipinski definition) is 6. The van der Waals surface area contributed by atoms with E-state index in [4.69, 9.17) is 20.2 Å². The predicted octanol–water partition coefficient (Wildman–Crippen LogP) is 3.29. The fourth-order valence-electron chi connectivity index (χ4n) is 3.57. The van der Waals surface area contributed by atoms with Crippen LogP contribution in [0.3, 0.4) is 0 Å². The van der Waals surface area contributed by atoms with Crippen LogP contribution in [0.2, 0.25) is 0 Å². The molecular weight excluding hydrogens is 346 g/mol. The highest BCUT2D eigenvalue weighted by Crippen LogP contribution is 2.39. The van der Waals surface area contributed by atoms with Crippen molar-refractivity contribution in [3.63, 3.8) is 0 Å². The molecule has 0 spiro atoms. The minimum absolute atomic E-state index is 0.151. The second kappa shape index (κ2) is 6.34. The summed E-state index contributed by atoms with van der Waals surface area (Å²) >= 11 is 1.78. The van der Waals surface area contributed by atoms with Gasteiger partial charge in [-0.3, -0.25) is 0 Å². The largest absolute Gasteiger partial charge is 0.396 e. The Kier molecular flexibility index (Phi) is 3.83. The summed E-state index contributed by atoms with van der Waals surface area (Å²) < 4.78 is 1.83. The van der Waals surface area contributed by atoms with E-state index < -0.39 is 0 Å². The summed E-state index contributed by atoms with van der Waals surface area (Å²) in [4.78, 5) is 12.2. The van der Waals surface area contributed by atoms with Crippen molar-refractivity contribution in [3.8, 4) is 11.4 Å². The van der Waals surface area contributed by atoms with Gasteiger partial charge in [0.05, 0.1) is 5.39 Å². The van der Waals surface area contributed by atoms with Gasteiger partial charge in [-0.2, -0.15) is 4.52 Å². The van der Waals surface area contributed by atoms with Crippen molar-refractivity contribution in [3.05, 3.63) is 40.8 Å². The molecule has 0 aliphatic heterocycles. The van der Waals surface area contributed by atoms with Crippen LogP contribution in [0, 0.1) is 0 Å². The third-order valence-electron chi connectivity index (χ3n) is 4.79. The lowest BCUT2D eigenvalue weighted by atomic mass is 10.2. The molecule has 1 aliphatic rings. The lowest BCUT2D eigenvalue weighted by Crippen LogP contribution is -2.10. The molecule has 4 aromatic rings. The summed E-state index contributed by atoms with van der Waals surface area (Å²) in [5, 5.41) is 18.3. The zero-order valence-electron chi connectivity index (χ0n) is 14.3. The molecule has 0 amide bonds. The minimum Gasteiger partial charge on any atom is -0.396 e. The van der Waals surface area contributed by atoms with Gasteiger partial charge in [0.2, 0.25) is 5.95 Å². The van der Waals surface area contributed by atoms with Crippen LogP contribution in [-0.4, -0.2) is 37.8 Å². The van der Waals surface area contributed by atoms with Crippen LogP contribution in [0.15, 0.2) is 30.3 Å². The number of fused-ring (bicyclic) bond motifs is 5. The van der Waals surface area contributed by atoms with Gasteiger partial charge in [-0.05, 0) is 31.2 Å². The number of nitrogens with one attached hydrogen (secondary N) is 1. The van der Waals surface area contributed by atoms with E-state index in [1.165, 1.54) is 16.9 Å². The van der Waals surface area contributed by atoms with Gasteiger partial charge in [0.25, 0.3) is 0 Å². The topological polar surface area (TPSA) is 75.3 Å². The van der Waals surface area contributed by atoms with E-state index >= 15 is 0 Å². The molecule has 6 nitrogen and oxygen atoms in total. The average molecular weight is 365 g/mol. The van der Waals surface area contributed by atoms with Gasteiger partial charge in [-0.15, -0.1) is 16.4 Å². The minimum atomic E-state index is 0.151. The highest BCUT2D eigenvalue weighted by Gasteiger charge is 2.24. The molecule has 0 unspecified atom stereocenters. The maximum atomic E-state index is 9.07. The summed E-state index contributed by atoms with van der Waals surface area (Å²) in [6, 6.07) is 10.0. The van der Waals surface area contributed by atoms with E-state index in [1.54, 1.807) is 11.3 Å². The first-order valence-corrected chi connectivity index (χ1v) is 9.78. The Balaban J connectivity index is 1.74. The number of aliphatic hydroxyl groups excluding tert-OH is 1. The summed E-state index contributed by atoms with van der Waals surface area (Å²) in [5.74, 6) is 1.40. The molecule has 132 valence electrons. The fraction of sp³-hybridized carbons (Fsp3) is 0.316. The van der Waals surface area contributed by atoms with Crippen LogP contribution in [0.4, 0.5) is 5.95 Å². The van der Waals surface area contributed by atoms with Crippen molar-refractivity contribution in [2.75, 3.05) is 18.5 Å². The van der Waals surface area contributed by atoms with Crippen LogP contribution in [0.5, 0.6) is 0 Å². The normalized spacial score (nSPS) is 13.6. The lowest BCUT2D eigenvalue weighted by molar-refractivity contribution is 0.292. The molecule has 7 heteroatoms. The SMILES string of the molecule is OCCCNc1nc2sc3c(c2c2nc(-c4ccccc4)nn12)CCC3. The molecule has 0 fully saturated rings. The summed E-state index contributed by atoms with van der Waals surface area (Å²) in [6.45, 7) is 0.800. The molecular formula is C19H19N5OS. The maximum absolute atomic E-state index is 9.07. The van der Waals surface area contributed by atoms with E-state index in [2.05, 4.69) is 5.32 Å². The van der Waals surface area contributed by atoms with Gasteiger partial charge in [0.15, 0.2) is 11.5 Å². The number of rotatable bonds is 5. The molecule has 0 radical (unpaired) electrons. The number of hydrogen-bond donors (Lipinski definition) is 2. The van der Waals surface area contributed by atoms with Crippen molar-refractivity contribution in [1.29, 1.82) is 0 Å². The molecule has 5 rings (SSSR count). The average Bonchev–Trinajstić information content (AvgIpc) is 3.36. The highest BCUT2D eigenvalue weighted by atomic mass is 32.1. The monoisotopic (exact) mass is 365 g/mol. The first-order valence-electron chi connectivity index (χ1n) is 8.96. The Labute approximate surface area is 154 Å². The van der Waals surface area contributed by atoms with Crippen LogP contribution in [0.1, 0.15) is 23.3 Å². The molecule has 0 atom stereocenters. The summed E-state index contributed by atoms with van der Waals surface area (Å²) in [5.41, 5.74) is 3.27. The highest BCUT2D eigenvalue weighted by molar-refractivity contribution is 7.19. The number of thiophene rings is 1. The second-order valence-corrected chi connectivity index (χ2v) is 7.60. The fourth-order valence-corrected chi connectivity index (χ4v) is 4.82. The van der Waals surface area contributed by atoms with E-state index in [0.717, 1.165) is 34.3 Å². The van der Waals surface area contributed by atoms with E-state index in [9.17, 15) is 0 Å². The van der Waals surface area contributed by atoms with Crippen molar-refractivity contribution in [1.82, 2.24) is 19.6 Å². The number of benzene rings is 1. The zero-order valence-corrected chi connectivity index (χ0v) is 15.1. The lowest BCUT2D eigenvalue weighted by Gasteiger charge is -2.07. The number of anilines is 1. The molecule has 1 aliphatic carbocycles. The van der Waals surface area contributed by atoms with Gasteiger partial charge in [0.1, 0.15) is 4.83 Å². The summed E-state index contributed by atoms with van der Waals surface area (Å²) in [7, 11) is 0. The van der Waals surface area contributed by atoms with Crippen molar-refractivity contribution in [2.24, 2.45) is 0 Å². The van der Waals surface area contributed by atoms with Crippen LogP contribution in [-0.2, 0) is 12.8 Å². The predicted molar refractivity (Wildman–Crippen MR) is 104 cm³/mol. The van der Waals surface area contributed by atoms with Crippen LogP contribution in [0.25, 0.3) is 27.3 Å². The Bertz CT molecular complexity index is 1090. The van der Waals surface area contributed by atoms with Gasteiger partial charge < -0.3 is 10.4 Å². The number of aromatic nitrogens is 4. The number of aliphatic hydroxyl groups is 1. The standard InChI is InChI=1S/C19H19N5OS/c25-11-5-10-20-19-22-18-15(13-8-4-9-14(13)26-18)17-21-16(23-24(17)19)12-6-2-1-3-7-12/h1-3,6-7,25H,4-5,8-11H2,(H,20,22). The smallest absolute Gasteiger partial charge is 0.227 e. The van der Waals surface area contributed by atoms with Crippen LogP contribution < -0.4 is 5.32 Å². The molecule has 2 N–H and O–H groups in total. The van der Waals surface area contributed by atoms with E-state index in [-0.39, 0.29) is 6.61 Å². The van der Waals surface area contributed by atoms with Gasteiger partial charge >= 0.3 is 0 Å². The molecule has 1 aromatic carbocycles. The number of aryl methyl sites for hydroxylation is 2. The molecule has 3 heterocycles. The van der Waals surface area contributed by atoms with Crippen LogP contribution >= 0.6 is 11.3 Å². The first kappa shape index (κ1) is 15.7. The second-order valence-electron chi connectivity index (χ2n) is 6.51. The Morgan fingerprint density at radius 3 is 2.88 bits per heavy atom. The van der Waals surface area contributed by atoms with Crippen molar-refractivity contribution in [2.45, 2.75) is 25.7 Å². The molecule has 0 bridgehead atoms. The quantitative estimate of drug-likeness (QED) is 0.531. The van der Waals surface area contributed by atoms with Crippen molar-refractivity contribution < 1.29 is 5.11 Å². The zero-order chi connectivity index (χ0) is 17.5. The van der Waals surface area contributed by atoms with E-state index in [1.807, 2.05) is 34.8 Å². The third kappa shape index (κ3) is 2.47. The molecule has 3 aromatic heterocycles. The Hall–Kier alpha value is -2.51. The molecule has 26 heavy (non-hydrogen) atoms. The number of nitrogens with zero attached hydrogens (tertiary/aromatic N) is 4. The van der Waals surface area contributed by atoms with E-state index in [0.29, 0.717) is 24.7 Å². The van der Waals surface area contributed by atoms with Crippen molar-refractivity contribution >= 4 is 33.1 Å².